The molecule has 1 atom stereocenters. The van der Waals surface area contributed by atoms with Gasteiger partial charge in [-0.05, 0) is 18.6 Å². The first-order chi connectivity index (χ1) is 11.2. The van der Waals surface area contributed by atoms with Crippen LogP contribution in [0.5, 0.6) is 11.5 Å². The second kappa shape index (κ2) is 7.49. The molecule has 0 unspecified atom stereocenters. The minimum atomic E-state index is 0.209. The van der Waals surface area contributed by atoms with Gasteiger partial charge in [0.2, 0.25) is 0 Å². The maximum Gasteiger partial charge on any atom is 0.124 e. The Kier molecular flexibility index (Phi) is 5.16. The summed E-state index contributed by atoms with van der Waals surface area (Å²) < 4.78 is 5.77. The van der Waals surface area contributed by atoms with Crippen LogP contribution in [-0.4, -0.2) is 36.2 Å². The number of hydrogen-bond acceptors (Lipinski definition) is 4. The van der Waals surface area contributed by atoms with Crippen molar-refractivity contribution in [2.45, 2.75) is 19.6 Å². The molecule has 1 fully saturated rings. The number of phenols is 1. The summed E-state index contributed by atoms with van der Waals surface area (Å²) in [5.41, 5.74) is 2.07. The Labute approximate surface area is 137 Å². The van der Waals surface area contributed by atoms with Crippen LogP contribution in [-0.2, 0) is 6.61 Å². The predicted octanol–water partition coefficient (Wildman–Crippen LogP) is 2.94. The van der Waals surface area contributed by atoms with Gasteiger partial charge in [-0.2, -0.15) is 0 Å². The van der Waals surface area contributed by atoms with Gasteiger partial charge in [0.05, 0.1) is 0 Å². The molecule has 2 aromatic carbocycles. The highest BCUT2D eigenvalue weighted by Crippen LogP contribution is 2.32. The van der Waals surface area contributed by atoms with Crippen molar-refractivity contribution in [3.05, 3.63) is 59.7 Å². The van der Waals surface area contributed by atoms with Gasteiger partial charge in [-0.1, -0.05) is 36.4 Å². The number of piperazine rings is 1. The van der Waals surface area contributed by atoms with Gasteiger partial charge in [0.15, 0.2) is 0 Å². The summed E-state index contributed by atoms with van der Waals surface area (Å²) in [6, 6.07) is 15.9. The lowest BCUT2D eigenvalue weighted by atomic mass is 10.0. The maximum absolute atomic E-state index is 10.4. The van der Waals surface area contributed by atoms with Gasteiger partial charge >= 0.3 is 0 Å². The van der Waals surface area contributed by atoms with E-state index in [4.69, 9.17) is 4.74 Å². The minimum Gasteiger partial charge on any atom is -0.507 e. The molecule has 122 valence electrons. The number of hydrogen-bond donors (Lipinski definition) is 2. The van der Waals surface area contributed by atoms with Crippen molar-refractivity contribution in [2.75, 3.05) is 26.2 Å². The molecule has 0 spiro atoms. The fourth-order valence-electron chi connectivity index (χ4n) is 2.97. The van der Waals surface area contributed by atoms with Gasteiger partial charge in [0.25, 0.3) is 0 Å². The van der Waals surface area contributed by atoms with E-state index >= 15 is 0 Å². The minimum absolute atomic E-state index is 0.209. The average Bonchev–Trinajstić information content (AvgIpc) is 2.61. The summed E-state index contributed by atoms with van der Waals surface area (Å²) in [7, 11) is 0. The zero-order valence-electron chi connectivity index (χ0n) is 13.5. The third kappa shape index (κ3) is 4.03. The summed E-state index contributed by atoms with van der Waals surface area (Å²) >= 11 is 0. The monoisotopic (exact) mass is 312 g/mol. The molecule has 4 nitrogen and oxygen atoms in total. The standard InChI is InChI=1S/C19H24N2O2/c1-15(21-11-9-20-10-12-21)18-8-7-17(13-19(18)22)23-14-16-5-3-2-4-6-16/h2-8,13,15,20,22H,9-12,14H2,1H3/t15-/m0/s1. The van der Waals surface area contributed by atoms with Crippen molar-refractivity contribution >= 4 is 0 Å². The third-order valence-electron chi connectivity index (χ3n) is 4.40. The molecule has 23 heavy (non-hydrogen) atoms. The Morgan fingerprint density at radius 1 is 1.13 bits per heavy atom. The first-order valence-corrected chi connectivity index (χ1v) is 8.18. The van der Waals surface area contributed by atoms with Gasteiger partial charge in [0.1, 0.15) is 18.1 Å². The van der Waals surface area contributed by atoms with Crippen LogP contribution >= 0.6 is 0 Å². The van der Waals surface area contributed by atoms with Crippen LogP contribution in [0.25, 0.3) is 0 Å². The normalized spacial score (nSPS) is 16.9. The van der Waals surface area contributed by atoms with Crippen molar-refractivity contribution in [1.29, 1.82) is 0 Å². The van der Waals surface area contributed by atoms with Crippen LogP contribution in [0.3, 0.4) is 0 Å². The van der Waals surface area contributed by atoms with Crippen molar-refractivity contribution in [1.82, 2.24) is 10.2 Å². The molecule has 0 aliphatic carbocycles. The van der Waals surface area contributed by atoms with Crippen LogP contribution in [0.1, 0.15) is 24.1 Å². The number of rotatable bonds is 5. The number of benzene rings is 2. The molecule has 2 N–H and O–H groups in total. The molecule has 3 rings (SSSR count). The number of nitrogens with one attached hydrogen (secondary N) is 1. The summed E-state index contributed by atoms with van der Waals surface area (Å²) in [5.74, 6) is 1.00. The molecular formula is C19H24N2O2. The zero-order chi connectivity index (χ0) is 16.1. The van der Waals surface area contributed by atoms with Gasteiger partial charge in [0, 0.05) is 43.9 Å². The molecule has 0 radical (unpaired) electrons. The Hall–Kier alpha value is -2.04. The summed E-state index contributed by atoms with van der Waals surface area (Å²) in [6.07, 6.45) is 0. The van der Waals surface area contributed by atoms with Crippen LogP contribution in [0.15, 0.2) is 48.5 Å². The van der Waals surface area contributed by atoms with E-state index in [2.05, 4.69) is 17.1 Å². The van der Waals surface area contributed by atoms with Crippen molar-refractivity contribution in [3.63, 3.8) is 0 Å². The molecule has 1 saturated heterocycles. The molecule has 0 amide bonds. The molecule has 4 heteroatoms. The largest absolute Gasteiger partial charge is 0.507 e. The van der Waals surface area contributed by atoms with Gasteiger partial charge < -0.3 is 15.2 Å². The molecule has 1 heterocycles. The lowest BCUT2D eigenvalue weighted by Crippen LogP contribution is -2.44. The van der Waals surface area contributed by atoms with Crippen LogP contribution < -0.4 is 10.1 Å². The molecular weight excluding hydrogens is 288 g/mol. The lowest BCUT2D eigenvalue weighted by molar-refractivity contribution is 0.182. The highest BCUT2D eigenvalue weighted by Gasteiger charge is 2.20. The van der Waals surface area contributed by atoms with E-state index in [1.807, 2.05) is 42.5 Å². The second-order valence-corrected chi connectivity index (χ2v) is 5.96. The number of aromatic hydroxyl groups is 1. The highest BCUT2D eigenvalue weighted by molar-refractivity contribution is 5.41. The van der Waals surface area contributed by atoms with Crippen molar-refractivity contribution in [3.8, 4) is 11.5 Å². The summed E-state index contributed by atoms with van der Waals surface area (Å²) in [5, 5.41) is 13.7. The SMILES string of the molecule is C[C@@H](c1ccc(OCc2ccccc2)cc1O)N1CCNCC1. The maximum atomic E-state index is 10.4. The average molecular weight is 312 g/mol. The molecule has 1 aliphatic heterocycles. The second-order valence-electron chi connectivity index (χ2n) is 5.96. The van der Waals surface area contributed by atoms with E-state index in [0.717, 1.165) is 37.3 Å². The number of nitrogens with zero attached hydrogens (tertiary/aromatic N) is 1. The number of phenolic OH excluding ortho intramolecular Hbond substituents is 1. The van der Waals surface area contributed by atoms with E-state index in [9.17, 15) is 5.11 Å². The zero-order valence-corrected chi connectivity index (χ0v) is 13.5. The van der Waals surface area contributed by atoms with E-state index in [0.29, 0.717) is 18.1 Å². The molecule has 0 bridgehead atoms. The van der Waals surface area contributed by atoms with Crippen molar-refractivity contribution in [2.24, 2.45) is 0 Å². The fourth-order valence-corrected chi connectivity index (χ4v) is 2.97. The quantitative estimate of drug-likeness (QED) is 0.891. The molecule has 0 aromatic heterocycles. The first-order valence-electron chi connectivity index (χ1n) is 8.18. The van der Waals surface area contributed by atoms with Crippen LogP contribution in [0.4, 0.5) is 0 Å². The lowest BCUT2D eigenvalue weighted by Gasteiger charge is -2.33. The highest BCUT2D eigenvalue weighted by atomic mass is 16.5. The Balaban J connectivity index is 1.65. The van der Waals surface area contributed by atoms with Crippen molar-refractivity contribution < 1.29 is 9.84 Å². The Bertz CT molecular complexity index is 625. The smallest absolute Gasteiger partial charge is 0.124 e. The van der Waals surface area contributed by atoms with Crippen LogP contribution in [0, 0.1) is 0 Å². The Morgan fingerprint density at radius 2 is 1.87 bits per heavy atom. The van der Waals surface area contributed by atoms with Crippen LogP contribution in [0.2, 0.25) is 0 Å². The Morgan fingerprint density at radius 3 is 2.57 bits per heavy atom. The van der Waals surface area contributed by atoms with E-state index in [-0.39, 0.29) is 6.04 Å². The topological polar surface area (TPSA) is 44.7 Å². The van der Waals surface area contributed by atoms with Gasteiger partial charge in [-0.25, -0.2) is 0 Å². The van der Waals surface area contributed by atoms with Gasteiger partial charge in [-0.15, -0.1) is 0 Å². The summed E-state index contributed by atoms with van der Waals surface area (Å²) in [4.78, 5) is 2.38. The first kappa shape index (κ1) is 15.8. The fraction of sp³-hybridized carbons (Fsp3) is 0.368. The molecule has 0 saturated carbocycles. The number of ether oxygens (including phenoxy) is 1. The van der Waals surface area contributed by atoms with Gasteiger partial charge in [-0.3, -0.25) is 4.90 Å². The molecule has 2 aromatic rings. The van der Waals surface area contributed by atoms with E-state index in [1.54, 1.807) is 6.07 Å². The molecule has 1 aliphatic rings. The van der Waals surface area contributed by atoms with E-state index in [1.165, 1.54) is 0 Å². The third-order valence-corrected chi connectivity index (χ3v) is 4.40. The van der Waals surface area contributed by atoms with E-state index < -0.39 is 0 Å². The predicted molar refractivity (Wildman–Crippen MR) is 91.7 cm³/mol. The summed E-state index contributed by atoms with van der Waals surface area (Å²) in [6.45, 7) is 6.67.